The molecule has 1 saturated heterocycles. The first kappa shape index (κ1) is 7.53. The maximum Gasteiger partial charge on any atom is 0.109 e. The van der Waals surface area contributed by atoms with Crippen LogP contribution in [0.15, 0.2) is 0 Å². The lowest BCUT2D eigenvalue weighted by atomic mass is 9.84. The van der Waals surface area contributed by atoms with Crippen molar-refractivity contribution in [3.63, 3.8) is 0 Å². The van der Waals surface area contributed by atoms with Crippen LogP contribution in [0, 0.1) is 5.92 Å². The third kappa shape index (κ3) is 1.41. The lowest BCUT2D eigenvalue weighted by Crippen LogP contribution is -2.41. The Balaban J connectivity index is 1.97. The molecule has 4 N–H and O–H groups in total. The Labute approximate surface area is 67.7 Å². The van der Waals surface area contributed by atoms with Crippen LogP contribution in [0.1, 0.15) is 26.2 Å². The maximum absolute atomic E-state index is 5.72. The summed E-state index contributed by atoms with van der Waals surface area (Å²) >= 11 is 0. The van der Waals surface area contributed by atoms with Crippen LogP contribution in [0.25, 0.3) is 0 Å². The molecule has 4 unspecified atom stereocenters. The van der Waals surface area contributed by atoms with Crippen molar-refractivity contribution in [3.05, 3.63) is 0 Å². The summed E-state index contributed by atoms with van der Waals surface area (Å²) in [5.74, 6) is 0.871. The molecule has 3 heteroatoms. The van der Waals surface area contributed by atoms with Crippen molar-refractivity contribution in [2.24, 2.45) is 11.7 Å². The summed E-state index contributed by atoms with van der Waals surface area (Å²) in [5, 5.41) is 6.70. The average Bonchev–Trinajstić information content (AvgIpc) is 2.27. The van der Waals surface area contributed by atoms with E-state index in [1.165, 1.54) is 19.3 Å². The fourth-order valence-electron chi connectivity index (χ4n) is 2.27. The minimum Gasteiger partial charge on any atom is -0.304 e. The van der Waals surface area contributed by atoms with Crippen LogP contribution >= 0.6 is 0 Å². The van der Waals surface area contributed by atoms with E-state index in [9.17, 15) is 0 Å². The second kappa shape index (κ2) is 2.73. The van der Waals surface area contributed by atoms with Crippen LogP contribution in [0.2, 0.25) is 0 Å². The smallest absolute Gasteiger partial charge is 0.109 e. The molecule has 1 aliphatic heterocycles. The zero-order chi connectivity index (χ0) is 7.84. The molecular weight excluding hydrogens is 138 g/mol. The molecule has 2 fully saturated rings. The first-order valence-electron chi connectivity index (χ1n) is 4.53. The van der Waals surface area contributed by atoms with Crippen molar-refractivity contribution in [2.45, 2.75) is 44.6 Å². The fourth-order valence-corrected chi connectivity index (χ4v) is 2.27. The molecule has 4 atom stereocenters. The topological polar surface area (TPSA) is 50.1 Å². The fraction of sp³-hybridized carbons (Fsp3) is 1.00. The molecule has 11 heavy (non-hydrogen) atoms. The molecule has 0 aromatic carbocycles. The van der Waals surface area contributed by atoms with Gasteiger partial charge in [-0.2, -0.15) is 0 Å². The third-order valence-corrected chi connectivity index (χ3v) is 2.90. The highest BCUT2D eigenvalue weighted by atomic mass is 15.3. The summed E-state index contributed by atoms with van der Waals surface area (Å²) in [6.07, 6.45) is 3.95. The Morgan fingerprint density at radius 3 is 2.73 bits per heavy atom. The maximum atomic E-state index is 5.72. The van der Waals surface area contributed by atoms with Gasteiger partial charge in [-0.1, -0.05) is 6.92 Å². The highest BCUT2D eigenvalue weighted by molar-refractivity contribution is 4.94. The Hall–Kier alpha value is -0.120. The van der Waals surface area contributed by atoms with Gasteiger partial charge < -0.3 is 5.73 Å². The van der Waals surface area contributed by atoms with Crippen LogP contribution < -0.4 is 16.4 Å². The number of hydrogen-bond donors (Lipinski definition) is 3. The van der Waals surface area contributed by atoms with Crippen molar-refractivity contribution in [1.29, 1.82) is 0 Å². The monoisotopic (exact) mass is 155 g/mol. The van der Waals surface area contributed by atoms with Gasteiger partial charge in [0.2, 0.25) is 0 Å². The molecule has 0 aromatic heterocycles. The Morgan fingerprint density at radius 2 is 1.91 bits per heavy atom. The first-order valence-corrected chi connectivity index (χ1v) is 4.53. The SMILES string of the molecule is CC1CCC2NC(N)NC2C1. The van der Waals surface area contributed by atoms with E-state index in [2.05, 4.69) is 17.6 Å². The van der Waals surface area contributed by atoms with E-state index in [1.54, 1.807) is 0 Å². The molecule has 1 aliphatic carbocycles. The van der Waals surface area contributed by atoms with Gasteiger partial charge in [-0.15, -0.1) is 0 Å². The van der Waals surface area contributed by atoms with E-state index in [1.807, 2.05) is 0 Å². The van der Waals surface area contributed by atoms with Gasteiger partial charge in [-0.3, -0.25) is 10.6 Å². The van der Waals surface area contributed by atoms with Crippen LogP contribution in [-0.2, 0) is 0 Å². The second-order valence-electron chi connectivity index (χ2n) is 3.94. The van der Waals surface area contributed by atoms with Crippen LogP contribution in [0.4, 0.5) is 0 Å². The second-order valence-corrected chi connectivity index (χ2v) is 3.94. The van der Waals surface area contributed by atoms with Gasteiger partial charge in [-0.25, -0.2) is 0 Å². The van der Waals surface area contributed by atoms with Crippen molar-refractivity contribution in [3.8, 4) is 0 Å². The lowest BCUT2D eigenvalue weighted by Gasteiger charge is -2.28. The first-order chi connectivity index (χ1) is 5.25. The highest BCUT2D eigenvalue weighted by Gasteiger charge is 2.34. The van der Waals surface area contributed by atoms with E-state index < -0.39 is 0 Å². The molecule has 64 valence electrons. The lowest BCUT2D eigenvalue weighted by molar-refractivity contribution is 0.299. The van der Waals surface area contributed by atoms with Gasteiger partial charge in [0.15, 0.2) is 0 Å². The largest absolute Gasteiger partial charge is 0.304 e. The predicted molar refractivity (Wildman–Crippen MR) is 44.8 cm³/mol. The highest BCUT2D eigenvalue weighted by Crippen LogP contribution is 2.26. The molecule has 0 radical (unpaired) electrons. The van der Waals surface area contributed by atoms with E-state index in [0.717, 1.165) is 5.92 Å². The van der Waals surface area contributed by atoms with Crippen LogP contribution in [0.5, 0.6) is 0 Å². The van der Waals surface area contributed by atoms with Gasteiger partial charge in [0.25, 0.3) is 0 Å². The summed E-state index contributed by atoms with van der Waals surface area (Å²) < 4.78 is 0. The quantitative estimate of drug-likeness (QED) is 0.461. The standard InChI is InChI=1S/C8H17N3/c1-5-2-3-6-7(4-5)11-8(9)10-6/h5-8,10-11H,2-4,9H2,1H3. The van der Waals surface area contributed by atoms with Crippen LogP contribution in [-0.4, -0.2) is 18.4 Å². The molecule has 0 aromatic rings. The molecule has 3 nitrogen and oxygen atoms in total. The van der Waals surface area contributed by atoms with Crippen LogP contribution in [0.3, 0.4) is 0 Å². The van der Waals surface area contributed by atoms with E-state index in [4.69, 9.17) is 5.73 Å². The van der Waals surface area contributed by atoms with Gasteiger partial charge >= 0.3 is 0 Å². The van der Waals surface area contributed by atoms with Gasteiger partial charge in [0, 0.05) is 12.1 Å². The average molecular weight is 155 g/mol. The van der Waals surface area contributed by atoms with Crippen molar-refractivity contribution < 1.29 is 0 Å². The predicted octanol–water partition coefficient (Wildman–Crippen LogP) is -0.0213. The van der Waals surface area contributed by atoms with Gasteiger partial charge in [0.05, 0.1) is 0 Å². The Morgan fingerprint density at radius 1 is 1.18 bits per heavy atom. The number of rotatable bonds is 0. The van der Waals surface area contributed by atoms with E-state index >= 15 is 0 Å². The van der Waals surface area contributed by atoms with Gasteiger partial charge in [-0.05, 0) is 25.2 Å². The summed E-state index contributed by atoms with van der Waals surface area (Å²) in [6.45, 7) is 2.32. The normalized spacial score (nSPS) is 50.7. The number of nitrogens with one attached hydrogen (secondary N) is 2. The molecule has 0 bridgehead atoms. The minimum atomic E-state index is 0.0373. The van der Waals surface area contributed by atoms with E-state index in [0.29, 0.717) is 12.1 Å². The van der Waals surface area contributed by atoms with Gasteiger partial charge in [0.1, 0.15) is 6.29 Å². The number of nitrogens with two attached hydrogens (primary N) is 1. The molecule has 0 amide bonds. The Bertz CT molecular complexity index is 148. The molecule has 0 spiro atoms. The summed E-state index contributed by atoms with van der Waals surface area (Å²) in [4.78, 5) is 0. The molecule has 1 saturated carbocycles. The van der Waals surface area contributed by atoms with Crippen molar-refractivity contribution >= 4 is 0 Å². The third-order valence-electron chi connectivity index (χ3n) is 2.90. The zero-order valence-electron chi connectivity index (χ0n) is 7.01. The zero-order valence-corrected chi connectivity index (χ0v) is 7.01. The minimum absolute atomic E-state index is 0.0373. The number of hydrogen-bond acceptors (Lipinski definition) is 3. The molecule has 2 aliphatic rings. The summed E-state index contributed by atoms with van der Waals surface area (Å²) in [6, 6.07) is 1.27. The van der Waals surface area contributed by atoms with E-state index in [-0.39, 0.29) is 6.29 Å². The molecular formula is C8H17N3. The molecule has 2 rings (SSSR count). The number of fused-ring (bicyclic) bond motifs is 1. The molecule has 1 heterocycles. The Kier molecular flexibility index (Phi) is 1.87. The van der Waals surface area contributed by atoms with Crippen molar-refractivity contribution in [1.82, 2.24) is 10.6 Å². The van der Waals surface area contributed by atoms with Crippen molar-refractivity contribution in [2.75, 3.05) is 0 Å². The summed E-state index contributed by atoms with van der Waals surface area (Å²) in [7, 11) is 0. The summed E-state index contributed by atoms with van der Waals surface area (Å²) in [5.41, 5.74) is 5.72.